The molecule has 0 spiro atoms. The fraction of sp³-hybridized carbons (Fsp3) is 0.0877. The molecule has 280 valence electrons. The molecule has 0 saturated carbocycles. The van der Waals surface area contributed by atoms with Crippen LogP contribution >= 0.6 is 7.92 Å². The molecule has 0 bridgehead atoms. The minimum atomic E-state index is -0.606. The lowest BCUT2D eigenvalue weighted by Gasteiger charge is -2.32. The van der Waals surface area contributed by atoms with Crippen LogP contribution in [0.2, 0.25) is 0 Å². The molecule has 0 aromatic heterocycles. The summed E-state index contributed by atoms with van der Waals surface area (Å²) < 4.78 is 0. The summed E-state index contributed by atoms with van der Waals surface area (Å²) >= 11 is 0. The second kappa shape index (κ2) is 17.0. The van der Waals surface area contributed by atoms with E-state index in [0.717, 1.165) is 46.4 Å². The zero-order valence-corrected chi connectivity index (χ0v) is 33.7. The van der Waals surface area contributed by atoms with Gasteiger partial charge in [-0.25, -0.2) is 0 Å². The molecule has 58 heavy (non-hydrogen) atoms. The van der Waals surface area contributed by atoms with Crippen LogP contribution < -0.4 is 21.0 Å². The molecule has 3 atom stereocenters. The average Bonchev–Trinajstić information content (AvgIpc) is 3.29. The first-order valence-corrected chi connectivity index (χ1v) is 21.8. The Morgan fingerprint density at radius 2 is 1.19 bits per heavy atom. The Balaban J connectivity index is 1.14. The second-order valence-electron chi connectivity index (χ2n) is 15.3. The number of benzene rings is 8. The lowest BCUT2D eigenvalue weighted by atomic mass is 9.81. The first-order valence-electron chi connectivity index (χ1n) is 20.4. The van der Waals surface area contributed by atoms with Crippen molar-refractivity contribution in [2.75, 3.05) is 0 Å². The van der Waals surface area contributed by atoms with Gasteiger partial charge in [-0.1, -0.05) is 219 Å². The summed E-state index contributed by atoms with van der Waals surface area (Å²) in [5, 5.41) is 7.59. The van der Waals surface area contributed by atoms with Crippen LogP contribution in [0.4, 0.5) is 0 Å². The van der Waals surface area contributed by atoms with Gasteiger partial charge in [-0.15, -0.1) is 0 Å². The van der Waals surface area contributed by atoms with Gasteiger partial charge in [0.05, 0.1) is 0 Å². The lowest BCUT2D eigenvalue weighted by molar-refractivity contribution is 0.663. The molecule has 0 fully saturated rings. The summed E-state index contributed by atoms with van der Waals surface area (Å²) in [6.45, 7) is 9.36. The van der Waals surface area contributed by atoms with Crippen LogP contribution in [0.1, 0.15) is 46.6 Å². The van der Waals surface area contributed by atoms with Crippen LogP contribution in [-0.4, -0.2) is 5.66 Å². The molecular formula is C57H47P. The van der Waals surface area contributed by atoms with Crippen LogP contribution in [0, 0.1) is 0 Å². The van der Waals surface area contributed by atoms with Gasteiger partial charge in [-0.3, -0.25) is 0 Å². The minimum Gasteiger partial charge on any atom is -0.0911 e. The van der Waals surface area contributed by atoms with Crippen molar-refractivity contribution < 1.29 is 0 Å². The number of rotatable bonds is 10. The molecule has 3 unspecified atom stereocenters. The third-order valence-electron chi connectivity index (χ3n) is 11.7. The Labute approximate surface area is 344 Å². The third kappa shape index (κ3) is 7.69. The van der Waals surface area contributed by atoms with Gasteiger partial charge in [-0.05, 0) is 115 Å². The maximum Gasteiger partial charge on any atom is 0.00512 e. The van der Waals surface area contributed by atoms with Crippen molar-refractivity contribution in [2.24, 2.45) is 0 Å². The second-order valence-corrected chi connectivity index (χ2v) is 17.8. The van der Waals surface area contributed by atoms with E-state index in [-0.39, 0.29) is 0 Å². The van der Waals surface area contributed by atoms with Crippen LogP contribution in [0.25, 0.3) is 39.6 Å². The van der Waals surface area contributed by atoms with Gasteiger partial charge in [0.2, 0.25) is 0 Å². The average molecular weight is 763 g/mol. The monoisotopic (exact) mass is 762 g/mol. The van der Waals surface area contributed by atoms with Crippen molar-refractivity contribution >= 4 is 47.0 Å². The fourth-order valence-electron chi connectivity index (χ4n) is 8.90. The molecule has 9 rings (SSSR count). The van der Waals surface area contributed by atoms with Gasteiger partial charge < -0.3 is 0 Å². The minimum absolute atomic E-state index is 0.314. The lowest BCUT2D eigenvalue weighted by Crippen LogP contribution is -2.26. The van der Waals surface area contributed by atoms with E-state index >= 15 is 0 Å². The summed E-state index contributed by atoms with van der Waals surface area (Å²) in [5.74, 6) is 0.314. The Morgan fingerprint density at radius 1 is 0.552 bits per heavy atom. The largest absolute Gasteiger partial charge is 0.0911 e. The first kappa shape index (κ1) is 37.3. The Kier molecular flexibility index (Phi) is 10.9. The standard InChI is InChI=1S/C57H47P/c1-41-19-15-16-31-52(41)56(46-24-11-5-12-25-46)42(2)53-37-38-54(55-32-18-27-48(57(53)55)39-43-20-7-3-8-21-43)45-33-35-50(36-34-45)58(49-28-13-6-14-29-49)51-30-17-26-47(40-51)44-22-9-4-10-23-44/h3-33,35,37-38,40,45,50H,1-2,34,36,39H2/b56-52+. The van der Waals surface area contributed by atoms with Crippen molar-refractivity contribution in [2.45, 2.75) is 30.8 Å². The van der Waals surface area contributed by atoms with Gasteiger partial charge in [-0.2, -0.15) is 0 Å². The van der Waals surface area contributed by atoms with E-state index in [2.05, 4.69) is 219 Å². The molecule has 1 heteroatoms. The molecule has 0 radical (unpaired) electrons. The summed E-state index contributed by atoms with van der Waals surface area (Å²) in [7, 11) is -0.606. The third-order valence-corrected chi connectivity index (χ3v) is 14.5. The topological polar surface area (TPSA) is 0 Å². The van der Waals surface area contributed by atoms with Crippen LogP contribution in [0.5, 0.6) is 0 Å². The van der Waals surface area contributed by atoms with Crippen molar-refractivity contribution in [3.63, 3.8) is 0 Å². The van der Waals surface area contributed by atoms with Gasteiger partial charge in [0.1, 0.15) is 0 Å². The van der Waals surface area contributed by atoms with Crippen molar-refractivity contribution in [1.29, 1.82) is 0 Å². The van der Waals surface area contributed by atoms with E-state index < -0.39 is 7.92 Å². The van der Waals surface area contributed by atoms with Crippen molar-refractivity contribution in [1.82, 2.24) is 0 Å². The molecule has 0 saturated heterocycles. The van der Waals surface area contributed by atoms with Crippen molar-refractivity contribution in [3.8, 4) is 11.1 Å². The molecule has 0 aliphatic heterocycles. The number of hydrogen-bond donors (Lipinski definition) is 0. The van der Waals surface area contributed by atoms with Crippen LogP contribution in [0.3, 0.4) is 0 Å². The molecule has 1 aliphatic carbocycles. The molecule has 8 aromatic rings. The highest BCUT2D eigenvalue weighted by Crippen LogP contribution is 2.48. The molecule has 0 N–H and O–H groups in total. The van der Waals surface area contributed by atoms with E-state index in [9.17, 15) is 0 Å². The predicted octanol–water partition coefficient (Wildman–Crippen LogP) is 12.4. The number of hydrogen-bond acceptors (Lipinski definition) is 0. The Morgan fingerprint density at radius 3 is 1.91 bits per heavy atom. The SMILES string of the molecule is C=C(/C(c1ccccc1)=c1/ccccc1=C)c1ccc(C2C=CC(P(c3ccccc3)c3cccc(-c4ccccc4)c3)CC2)c2cccc(Cc3ccccc3)c12. The number of allylic oxidation sites excluding steroid dienone is 3. The van der Waals surface area contributed by atoms with E-state index in [4.69, 9.17) is 6.58 Å². The van der Waals surface area contributed by atoms with Crippen LogP contribution in [-0.2, 0) is 6.42 Å². The fourth-order valence-corrected chi connectivity index (χ4v) is 11.7. The predicted molar refractivity (Wildman–Crippen MR) is 252 cm³/mol. The summed E-state index contributed by atoms with van der Waals surface area (Å²) in [5.41, 5.74) is 11.5. The summed E-state index contributed by atoms with van der Waals surface area (Å²) in [4.78, 5) is 0. The highest BCUT2D eigenvalue weighted by atomic mass is 31.1. The highest BCUT2D eigenvalue weighted by Gasteiger charge is 2.28. The van der Waals surface area contributed by atoms with Gasteiger partial charge in [0, 0.05) is 11.6 Å². The van der Waals surface area contributed by atoms with E-state index in [0.29, 0.717) is 11.6 Å². The smallest absolute Gasteiger partial charge is 0.00512 e. The molecule has 8 aromatic carbocycles. The summed E-state index contributed by atoms with van der Waals surface area (Å²) in [6, 6.07) is 72.9. The van der Waals surface area contributed by atoms with E-state index in [1.807, 2.05) is 0 Å². The normalized spacial score (nSPS) is 16.1. The molecule has 0 heterocycles. The quantitative estimate of drug-likeness (QED) is 0.0961. The van der Waals surface area contributed by atoms with E-state index in [1.165, 1.54) is 54.8 Å². The molecule has 1 aliphatic rings. The number of fused-ring (bicyclic) bond motifs is 1. The Bertz CT molecular complexity index is 2840. The zero-order chi connectivity index (χ0) is 39.3. The maximum atomic E-state index is 4.90. The van der Waals surface area contributed by atoms with Gasteiger partial charge >= 0.3 is 0 Å². The maximum absolute atomic E-state index is 4.90. The zero-order valence-electron chi connectivity index (χ0n) is 32.8. The Hall–Kier alpha value is -6.33. The van der Waals surface area contributed by atoms with Gasteiger partial charge in [0.15, 0.2) is 0 Å². The molecular weight excluding hydrogens is 716 g/mol. The van der Waals surface area contributed by atoms with Gasteiger partial charge in [0.25, 0.3) is 0 Å². The first-order chi connectivity index (χ1) is 28.6. The molecule has 0 nitrogen and oxygen atoms in total. The van der Waals surface area contributed by atoms with E-state index in [1.54, 1.807) is 0 Å². The summed E-state index contributed by atoms with van der Waals surface area (Å²) in [6.07, 6.45) is 8.16. The highest BCUT2D eigenvalue weighted by molar-refractivity contribution is 7.73. The molecule has 0 amide bonds. The van der Waals surface area contributed by atoms with Crippen molar-refractivity contribution in [3.05, 3.63) is 257 Å². The van der Waals surface area contributed by atoms with Crippen LogP contribution in [0.15, 0.2) is 219 Å².